The molecule has 0 unspecified atom stereocenters. The molecule has 0 atom stereocenters. The zero-order valence-electron chi connectivity index (χ0n) is 13.1. The summed E-state index contributed by atoms with van der Waals surface area (Å²) in [4.78, 5) is 4.49. The number of benzene rings is 2. The van der Waals surface area contributed by atoms with Gasteiger partial charge in [-0.25, -0.2) is 4.98 Å². The Kier molecular flexibility index (Phi) is 5.34. The molecule has 7 heteroatoms. The van der Waals surface area contributed by atoms with Gasteiger partial charge in [0.05, 0.1) is 11.4 Å². The number of hydrazone groups is 1. The minimum absolute atomic E-state index is 0.213. The summed E-state index contributed by atoms with van der Waals surface area (Å²) in [7, 11) is 0. The Morgan fingerprint density at radius 2 is 1.96 bits per heavy atom. The summed E-state index contributed by atoms with van der Waals surface area (Å²) in [6.45, 7) is 1.88. The lowest BCUT2D eigenvalue weighted by Crippen LogP contribution is -2.02. The lowest BCUT2D eigenvalue weighted by Gasteiger charge is -2.06. The van der Waals surface area contributed by atoms with Crippen molar-refractivity contribution in [3.63, 3.8) is 0 Å². The van der Waals surface area contributed by atoms with Gasteiger partial charge in [-0.15, -0.1) is 11.3 Å². The van der Waals surface area contributed by atoms with Crippen LogP contribution in [0.3, 0.4) is 0 Å². The van der Waals surface area contributed by atoms with Gasteiger partial charge in [0.1, 0.15) is 6.07 Å². The van der Waals surface area contributed by atoms with Gasteiger partial charge in [-0.3, -0.25) is 5.43 Å². The number of hydrogen-bond acceptors (Lipinski definition) is 5. The number of thiazole rings is 1. The summed E-state index contributed by atoms with van der Waals surface area (Å²) in [6.07, 6.45) is 0. The molecular weight excluding hydrogens is 375 g/mol. The lowest BCUT2D eigenvalue weighted by atomic mass is 10.2. The first-order valence-corrected chi connectivity index (χ1v) is 8.93. The summed E-state index contributed by atoms with van der Waals surface area (Å²) >= 11 is 13.4. The number of nitriles is 1. The molecule has 4 nitrogen and oxygen atoms in total. The van der Waals surface area contributed by atoms with Crippen molar-refractivity contribution in [3.05, 3.63) is 68.5 Å². The van der Waals surface area contributed by atoms with E-state index in [1.165, 1.54) is 11.3 Å². The highest BCUT2D eigenvalue weighted by Crippen LogP contribution is 2.25. The molecule has 3 aromatic rings. The zero-order valence-corrected chi connectivity index (χ0v) is 15.5. The highest BCUT2D eigenvalue weighted by atomic mass is 35.5. The summed E-state index contributed by atoms with van der Waals surface area (Å²) in [5.74, 6) is 0. The summed E-state index contributed by atoms with van der Waals surface area (Å²) in [6, 6.07) is 14.9. The predicted octanol–water partition coefficient (Wildman–Crippen LogP) is 5.77. The van der Waals surface area contributed by atoms with E-state index in [9.17, 15) is 5.26 Å². The van der Waals surface area contributed by atoms with E-state index in [2.05, 4.69) is 21.6 Å². The largest absolute Gasteiger partial charge is 0.277 e. The number of nitrogens with one attached hydrogen (secondary N) is 1. The molecule has 2 aromatic carbocycles. The highest BCUT2D eigenvalue weighted by Gasteiger charge is 2.11. The van der Waals surface area contributed by atoms with Gasteiger partial charge in [-0.2, -0.15) is 10.4 Å². The Morgan fingerprint density at radius 3 is 2.68 bits per heavy atom. The van der Waals surface area contributed by atoms with E-state index in [4.69, 9.17) is 23.2 Å². The fraction of sp³-hybridized carbons (Fsp3) is 0.0556. The molecule has 0 radical (unpaired) electrons. The summed E-state index contributed by atoms with van der Waals surface area (Å²) < 4.78 is 0. The molecule has 0 saturated carbocycles. The molecule has 0 amide bonds. The van der Waals surface area contributed by atoms with Crippen LogP contribution in [-0.4, -0.2) is 10.7 Å². The average Bonchev–Trinajstić information content (AvgIpc) is 3.09. The van der Waals surface area contributed by atoms with Crippen LogP contribution in [0.5, 0.6) is 0 Å². The molecule has 0 bridgehead atoms. The van der Waals surface area contributed by atoms with Crippen LogP contribution >= 0.6 is 34.5 Å². The van der Waals surface area contributed by atoms with Gasteiger partial charge in [0.25, 0.3) is 0 Å². The fourth-order valence-corrected chi connectivity index (χ4v) is 3.17. The third kappa shape index (κ3) is 3.99. The fourth-order valence-electron chi connectivity index (χ4n) is 2.10. The van der Waals surface area contributed by atoms with E-state index in [0.29, 0.717) is 15.1 Å². The predicted molar refractivity (Wildman–Crippen MR) is 105 cm³/mol. The van der Waals surface area contributed by atoms with Crippen LogP contribution in [0.15, 0.2) is 52.9 Å². The second-order valence-electron chi connectivity index (χ2n) is 5.14. The molecule has 0 fully saturated rings. The molecule has 25 heavy (non-hydrogen) atoms. The lowest BCUT2D eigenvalue weighted by molar-refractivity contribution is 1.28. The van der Waals surface area contributed by atoms with Crippen LogP contribution in [0.4, 0.5) is 5.69 Å². The number of anilines is 1. The SMILES string of the molecule is Cc1c(Cl)cccc1N/N=C(/C#N)c1nc(-c2ccc(Cl)cc2)cs1. The molecule has 1 N–H and O–H groups in total. The Morgan fingerprint density at radius 1 is 1.20 bits per heavy atom. The van der Waals surface area contributed by atoms with E-state index in [0.717, 1.165) is 22.5 Å². The van der Waals surface area contributed by atoms with E-state index in [-0.39, 0.29) is 5.71 Å². The van der Waals surface area contributed by atoms with E-state index in [1.807, 2.05) is 36.6 Å². The van der Waals surface area contributed by atoms with Crippen LogP contribution in [0.2, 0.25) is 10.0 Å². The van der Waals surface area contributed by atoms with Gasteiger partial charge in [-0.05, 0) is 36.8 Å². The second-order valence-corrected chi connectivity index (χ2v) is 6.84. The van der Waals surface area contributed by atoms with E-state index >= 15 is 0 Å². The first-order chi connectivity index (χ1) is 12.1. The van der Waals surface area contributed by atoms with Gasteiger partial charge >= 0.3 is 0 Å². The van der Waals surface area contributed by atoms with Crippen molar-refractivity contribution < 1.29 is 0 Å². The quantitative estimate of drug-likeness (QED) is 0.457. The molecule has 1 heterocycles. The van der Waals surface area contributed by atoms with Gasteiger partial charge < -0.3 is 0 Å². The second kappa shape index (κ2) is 7.66. The monoisotopic (exact) mass is 386 g/mol. The Labute approximate surface area is 159 Å². The van der Waals surface area contributed by atoms with Crippen molar-refractivity contribution in [3.8, 4) is 17.3 Å². The number of halogens is 2. The van der Waals surface area contributed by atoms with Crippen molar-refractivity contribution in [1.82, 2.24) is 4.98 Å². The number of aromatic nitrogens is 1. The molecular formula is C18H12Cl2N4S. The molecule has 0 aliphatic heterocycles. The third-order valence-electron chi connectivity index (χ3n) is 3.51. The Bertz CT molecular complexity index is 971. The maximum atomic E-state index is 9.40. The Balaban J connectivity index is 1.85. The smallest absolute Gasteiger partial charge is 0.196 e. The van der Waals surface area contributed by atoms with Crippen molar-refractivity contribution in [2.75, 3.05) is 5.43 Å². The molecule has 124 valence electrons. The van der Waals surface area contributed by atoms with Crippen LogP contribution in [-0.2, 0) is 0 Å². The van der Waals surface area contributed by atoms with Crippen LogP contribution in [0.25, 0.3) is 11.3 Å². The van der Waals surface area contributed by atoms with Crippen molar-refractivity contribution in [2.45, 2.75) is 6.92 Å². The topological polar surface area (TPSA) is 61.1 Å². The molecule has 1 aromatic heterocycles. The van der Waals surface area contributed by atoms with E-state index in [1.54, 1.807) is 18.2 Å². The number of rotatable bonds is 4. The third-order valence-corrected chi connectivity index (χ3v) is 5.02. The number of hydrogen-bond donors (Lipinski definition) is 1. The normalized spacial score (nSPS) is 11.2. The summed E-state index contributed by atoms with van der Waals surface area (Å²) in [5, 5.41) is 17.3. The first kappa shape index (κ1) is 17.4. The van der Waals surface area contributed by atoms with Crippen molar-refractivity contribution in [1.29, 1.82) is 5.26 Å². The zero-order chi connectivity index (χ0) is 17.8. The molecule has 0 saturated heterocycles. The van der Waals surface area contributed by atoms with Crippen molar-refractivity contribution in [2.24, 2.45) is 5.10 Å². The summed E-state index contributed by atoms with van der Waals surface area (Å²) in [5.41, 5.74) is 6.42. The Hall–Kier alpha value is -2.39. The van der Waals surface area contributed by atoms with Gasteiger partial charge in [0.15, 0.2) is 10.7 Å². The van der Waals surface area contributed by atoms with Crippen LogP contribution < -0.4 is 5.43 Å². The minimum Gasteiger partial charge on any atom is -0.277 e. The highest BCUT2D eigenvalue weighted by molar-refractivity contribution is 7.12. The van der Waals surface area contributed by atoms with Gasteiger partial charge in [0.2, 0.25) is 0 Å². The molecule has 0 aliphatic carbocycles. The average molecular weight is 387 g/mol. The molecule has 3 rings (SSSR count). The number of nitrogens with zero attached hydrogens (tertiary/aromatic N) is 3. The van der Waals surface area contributed by atoms with Gasteiger partial charge in [-0.1, -0.05) is 41.4 Å². The van der Waals surface area contributed by atoms with Crippen LogP contribution in [0.1, 0.15) is 10.6 Å². The van der Waals surface area contributed by atoms with Crippen molar-refractivity contribution >= 4 is 45.9 Å². The van der Waals surface area contributed by atoms with E-state index < -0.39 is 0 Å². The maximum absolute atomic E-state index is 9.40. The molecule has 0 aliphatic rings. The standard InChI is InChI=1S/C18H12Cl2N4S/c1-11-14(20)3-2-4-15(11)23-24-16(9-21)18-22-17(10-25-18)12-5-7-13(19)8-6-12/h2-8,10,23H,1H3/b24-16-. The van der Waals surface area contributed by atoms with Gasteiger partial charge in [0, 0.05) is 21.0 Å². The maximum Gasteiger partial charge on any atom is 0.196 e. The minimum atomic E-state index is 0.213. The molecule has 0 spiro atoms. The van der Waals surface area contributed by atoms with Crippen LogP contribution in [0, 0.1) is 18.3 Å². The first-order valence-electron chi connectivity index (χ1n) is 7.29.